The van der Waals surface area contributed by atoms with E-state index in [4.69, 9.17) is 11.6 Å². The number of rotatable bonds is 4. The van der Waals surface area contributed by atoms with Gasteiger partial charge in [0.25, 0.3) is 15.7 Å². The van der Waals surface area contributed by atoms with Crippen molar-refractivity contribution < 1.29 is 17.7 Å². The number of hydrogen-bond donors (Lipinski definition) is 1. The Morgan fingerprint density at radius 3 is 2.33 bits per heavy atom. The summed E-state index contributed by atoms with van der Waals surface area (Å²) in [5, 5.41) is 11.0. The van der Waals surface area contributed by atoms with E-state index in [1.165, 1.54) is 6.07 Å². The number of halogens is 2. The minimum atomic E-state index is -4.08. The van der Waals surface area contributed by atoms with Crippen LogP contribution in [0.5, 0.6) is 0 Å². The van der Waals surface area contributed by atoms with Crippen molar-refractivity contribution in [3.63, 3.8) is 0 Å². The molecule has 0 aliphatic heterocycles. The normalized spacial score (nSPS) is 11.1. The van der Waals surface area contributed by atoms with E-state index in [0.29, 0.717) is 0 Å². The number of nitro benzene ring substituents is 1. The lowest BCUT2D eigenvalue weighted by molar-refractivity contribution is -0.383. The lowest BCUT2D eigenvalue weighted by atomic mass is 10.3. The van der Waals surface area contributed by atoms with Gasteiger partial charge in [0, 0.05) is 11.1 Å². The van der Waals surface area contributed by atoms with Gasteiger partial charge in [-0.3, -0.25) is 14.8 Å². The van der Waals surface area contributed by atoms with Gasteiger partial charge in [-0.05, 0) is 36.4 Å². The van der Waals surface area contributed by atoms with Crippen molar-refractivity contribution >= 4 is 33.0 Å². The summed E-state index contributed by atoms with van der Waals surface area (Å²) in [6.45, 7) is 0. The van der Waals surface area contributed by atoms with Gasteiger partial charge >= 0.3 is 0 Å². The lowest BCUT2D eigenvalue weighted by Gasteiger charge is -2.08. The Labute approximate surface area is 124 Å². The van der Waals surface area contributed by atoms with E-state index in [2.05, 4.69) is 4.72 Å². The van der Waals surface area contributed by atoms with E-state index in [1.807, 2.05) is 0 Å². The fourth-order valence-electron chi connectivity index (χ4n) is 1.57. The van der Waals surface area contributed by atoms with Gasteiger partial charge in [-0.1, -0.05) is 11.6 Å². The van der Waals surface area contributed by atoms with Gasteiger partial charge in [-0.25, -0.2) is 12.8 Å². The highest BCUT2D eigenvalue weighted by Gasteiger charge is 2.21. The van der Waals surface area contributed by atoms with E-state index in [1.54, 1.807) is 0 Å². The first kappa shape index (κ1) is 15.2. The molecule has 0 aliphatic rings. The molecular formula is C12H8ClFN2O4S. The Kier molecular flexibility index (Phi) is 4.10. The van der Waals surface area contributed by atoms with Gasteiger partial charge in [-0.15, -0.1) is 0 Å². The van der Waals surface area contributed by atoms with Crippen molar-refractivity contribution in [2.75, 3.05) is 4.72 Å². The van der Waals surface area contributed by atoms with Gasteiger partial charge in [0.15, 0.2) is 0 Å². The largest absolute Gasteiger partial charge is 0.293 e. The van der Waals surface area contributed by atoms with Crippen LogP contribution in [0.25, 0.3) is 0 Å². The highest BCUT2D eigenvalue weighted by atomic mass is 35.5. The molecule has 0 spiro atoms. The summed E-state index contributed by atoms with van der Waals surface area (Å²) >= 11 is 5.71. The van der Waals surface area contributed by atoms with E-state index >= 15 is 0 Å². The summed E-state index contributed by atoms with van der Waals surface area (Å²) in [6, 6.07) is 7.53. The van der Waals surface area contributed by atoms with E-state index in [0.717, 1.165) is 36.4 Å². The molecule has 0 atom stereocenters. The van der Waals surface area contributed by atoms with Crippen LogP contribution in [0.3, 0.4) is 0 Å². The molecule has 2 rings (SSSR count). The second-order valence-electron chi connectivity index (χ2n) is 3.98. The van der Waals surface area contributed by atoms with Crippen LogP contribution in [-0.2, 0) is 10.0 Å². The summed E-state index contributed by atoms with van der Waals surface area (Å²) in [5.74, 6) is -0.595. The molecule has 0 saturated carbocycles. The molecule has 2 aromatic carbocycles. The molecule has 110 valence electrons. The van der Waals surface area contributed by atoms with Crippen molar-refractivity contribution in [1.29, 1.82) is 0 Å². The molecule has 9 heteroatoms. The number of hydrogen-bond acceptors (Lipinski definition) is 4. The zero-order valence-corrected chi connectivity index (χ0v) is 11.9. The molecule has 1 N–H and O–H groups in total. The fraction of sp³-hybridized carbons (Fsp3) is 0. The molecule has 0 amide bonds. The zero-order chi connectivity index (χ0) is 15.6. The Bertz CT molecular complexity index is 793. The van der Waals surface area contributed by atoms with Crippen LogP contribution in [0, 0.1) is 15.9 Å². The Morgan fingerprint density at radius 1 is 1.14 bits per heavy atom. The highest BCUT2D eigenvalue weighted by molar-refractivity contribution is 7.92. The maximum Gasteiger partial charge on any atom is 0.293 e. The first-order valence-corrected chi connectivity index (χ1v) is 7.38. The summed E-state index contributed by atoms with van der Waals surface area (Å²) in [5.41, 5.74) is -0.707. The second kappa shape index (κ2) is 5.66. The van der Waals surface area contributed by atoms with Crippen molar-refractivity contribution in [3.8, 4) is 0 Å². The Hall–Kier alpha value is -2.19. The van der Waals surface area contributed by atoms with Crippen molar-refractivity contribution in [2.45, 2.75) is 4.90 Å². The predicted octanol–water partition coefficient (Wildman–Crippen LogP) is 3.19. The monoisotopic (exact) mass is 330 g/mol. The van der Waals surface area contributed by atoms with Crippen LogP contribution >= 0.6 is 11.6 Å². The molecule has 0 saturated heterocycles. The highest BCUT2D eigenvalue weighted by Crippen LogP contribution is 2.29. The van der Waals surface area contributed by atoms with Crippen LogP contribution in [-0.4, -0.2) is 13.3 Å². The third-order valence-corrected chi connectivity index (χ3v) is 4.14. The Morgan fingerprint density at radius 2 is 1.76 bits per heavy atom. The number of anilines is 1. The molecule has 6 nitrogen and oxygen atoms in total. The third kappa shape index (κ3) is 3.47. The van der Waals surface area contributed by atoms with Crippen LogP contribution in [0.2, 0.25) is 5.02 Å². The second-order valence-corrected chi connectivity index (χ2v) is 6.10. The quantitative estimate of drug-likeness (QED) is 0.688. The lowest BCUT2D eigenvalue weighted by Crippen LogP contribution is -2.14. The molecule has 0 radical (unpaired) electrons. The smallest absolute Gasteiger partial charge is 0.273 e. The summed E-state index contributed by atoms with van der Waals surface area (Å²) in [4.78, 5) is 9.92. The van der Waals surface area contributed by atoms with Crippen LogP contribution in [0.15, 0.2) is 47.4 Å². The number of sulfonamides is 1. The molecule has 0 heterocycles. The fourth-order valence-corrected chi connectivity index (χ4v) is 2.80. The Balaban J connectivity index is 2.43. The number of benzene rings is 2. The van der Waals surface area contributed by atoms with Crippen molar-refractivity contribution in [2.24, 2.45) is 0 Å². The number of nitro groups is 1. The van der Waals surface area contributed by atoms with Gasteiger partial charge in [-0.2, -0.15) is 0 Å². The average molecular weight is 331 g/mol. The average Bonchev–Trinajstić information content (AvgIpc) is 2.38. The first-order valence-electron chi connectivity index (χ1n) is 5.52. The summed E-state index contributed by atoms with van der Waals surface area (Å²) < 4.78 is 39.1. The van der Waals surface area contributed by atoms with Gasteiger partial charge in [0.2, 0.25) is 0 Å². The molecule has 0 bridgehead atoms. The molecular weight excluding hydrogens is 323 g/mol. The van der Waals surface area contributed by atoms with E-state index in [-0.39, 0.29) is 15.6 Å². The van der Waals surface area contributed by atoms with Crippen LogP contribution < -0.4 is 4.72 Å². The van der Waals surface area contributed by atoms with Crippen molar-refractivity contribution in [3.05, 3.63) is 63.4 Å². The predicted molar refractivity (Wildman–Crippen MR) is 75.3 cm³/mol. The molecule has 0 fully saturated rings. The zero-order valence-electron chi connectivity index (χ0n) is 10.3. The molecule has 2 aromatic rings. The summed E-state index contributed by atoms with van der Waals surface area (Å²) in [7, 11) is -4.08. The first-order chi connectivity index (χ1) is 9.79. The van der Waals surface area contributed by atoms with E-state index in [9.17, 15) is 22.9 Å². The SMILES string of the molecule is O=[N+]([O-])c1ccc(Cl)cc1NS(=O)(=O)c1ccc(F)cc1. The topological polar surface area (TPSA) is 89.3 Å². The minimum Gasteiger partial charge on any atom is -0.273 e. The maximum absolute atomic E-state index is 12.8. The molecule has 0 aliphatic carbocycles. The van der Waals surface area contributed by atoms with Gasteiger partial charge in [0.1, 0.15) is 11.5 Å². The van der Waals surface area contributed by atoms with Gasteiger partial charge in [0.05, 0.1) is 9.82 Å². The molecule has 0 unspecified atom stereocenters. The molecule has 21 heavy (non-hydrogen) atoms. The van der Waals surface area contributed by atoms with Gasteiger partial charge < -0.3 is 0 Å². The summed E-state index contributed by atoms with van der Waals surface area (Å²) in [6.07, 6.45) is 0. The molecule has 0 aromatic heterocycles. The third-order valence-electron chi connectivity index (χ3n) is 2.52. The number of nitrogens with zero attached hydrogens (tertiary/aromatic N) is 1. The minimum absolute atomic E-state index is 0.136. The van der Waals surface area contributed by atoms with Crippen molar-refractivity contribution in [1.82, 2.24) is 0 Å². The number of nitrogens with one attached hydrogen (secondary N) is 1. The van der Waals surface area contributed by atoms with Crippen LogP contribution in [0.4, 0.5) is 15.8 Å². The standard InChI is InChI=1S/C12H8ClFN2O4S/c13-8-1-6-12(16(17)18)11(7-8)15-21(19,20)10-4-2-9(14)3-5-10/h1-7,15H. The van der Waals surface area contributed by atoms with E-state index < -0.39 is 26.5 Å². The van der Waals surface area contributed by atoms with Crippen LogP contribution in [0.1, 0.15) is 0 Å². The maximum atomic E-state index is 12.8.